The summed E-state index contributed by atoms with van der Waals surface area (Å²) in [6, 6.07) is 8.98. The lowest BCUT2D eigenvalue weighted by molar-refractivity contribution is -0.139. The van der Waals surface area contributed by atoms with Gasteiger partial charge < -0.3 is 14.6 Å². The van der Waals surface area contributed by atoms with Crippen LogP contribution in [-0.2, 0) is 20.9 Å². The Balaban J connectivity index is 1.59. The van der Waals surface area contributed by atoms with E-state index >= 15 is 0 Å². The average Bonchev–Trinajstić information content (AvgIpc) is 3.20. The van der Waals surface area contributed by atoms with Gasteiger partial charge in [-0.15, -0.1) is 0 Å². The van der Waals surface area contributed by atoms with E-state index in [-0.39, 0.29) is 18.8 Å². The zero-order chi connectivity index (χ0) is 14.1. The summed E-state index contributed by atoms with van der Waals surface area (Å²) in [7, 11) is 0. The second-order valence-corrected chi connectivity index (χ2v) is 4.92. The van der Waals surface area contributed by atoms with Crippen LogP contribution in [0, 0.1) is 5.92 Å². The molecule has 1 saturated heterocycles. The molecule has 1 saturated carbocycles. The van der Waals surface area contributed by atoms with Crippen molar-refractivity contribution in [3.63, 3.8) is 0 Å². The summed E-state index contributed by atoms with van der Waals surface area (Å²) in [5, 5.41) is 9.03. The van der Waals surface area contributed by atoms with Crippen LogP contribution in [0.5, 0.6) is 0 Å². The Morgan fingerprint density at radius 3 is 2.80 bits per heavy atom. The van der Waals surface area contributed by atoms with E-state index in [9.17, 15) is 9.59 Å². The molecule has 1 aromatic rings. The van der Waals surface area contributed by atoms with Crippen molar-refractivity contribution in [3.8, 4) is 0 Å². The number of fused-ring (bicyclic) bond motifs is 1. The van der Waals surface area contributed by atoms with Crippen LogP contribution in [0.3, 0.4) is 0 Å². The Kier molecular flexibility index (Phi) is 3.31. The van der Waals surface area contributed by atoms with Crippen LogP contribution < -0.4 is 0 Å². The zero-order valence-electron chi connectivity index (χ0n) is 10.8. The third-order valence-electron chi connectivity index (χ3n) is 3.64. The summed E-state index contributed by atoms with van der Waals surface area (Å²) in [4.78, 5) is 24.5. The number of ether oxygens (including phenoxy) is 2. The van der Waals surface area contributed by atoms with Crippen LogP contribution in [0.25, 0.3) is 0 Å². The molecule has 0 spiro atoms. The number of carbonyl (C=O) groups excluding carboxylic acids is 1. The van der Waals surface area contributed by atoms with E-state index in [1.807, 2.05) is 30.3 Å². The number of rotatable bonds is 3. The molecule has 1 aliphatic heterocycles. The van der Waals surface area contributed by atoms with Crippen LogP contribution in [-0.4, -0.2) is 47.4 Å². The van der Waals surface area contributed by atoms with Gasteiger partial charge in [0.05, 0.1) is 18.8 Å². The Bertz CT molecular complexity index is 518. The molecule has 1 aliphatic carbocycles. The highest BCUT2D eigenvalue weighted by Crippen LogP contribution is 2.42. The number of benzene rings is 1. The number of hydrogen-bond donors (Lipinski definition) is 1. The molecule has 0 radical (unpaired) electrons. The van der Waals surface area contributed by atoms with Crippen molar-refractivity contribution in [2.75, 3.05) is 13.2 Å². The molecule has 0 unspecified atom stereocenters. The van der Waals surface area contributed by atoms with Gasteiger partial charge >= 0.3 is 12.1 Å². The van der Waals surface area contributed by atoms with E-state index in [1.165, 1.54) is 4.90 Å². The van der Waals surface area contributed by atoms with Crippen LogP contribution >= 0.6 is 0 Å². The van der Waals surface area contributed by atoms with Crippen LogP contribution in [0.15, 0.2) is 30.3 Å². The van der Waals surface area contributed by atoms with Gasteiger partial charge in [-0.05, 0) is 5.56 Å². The first-order valence-electron chi connectivity index (χ1n) is 6.50. The minimum atomic E-state index is -0.928. The minimum absolute atomic E-state index is 0.187. The summed E-state index contributed by atoms with van der Waals surface area (Å²) < 4.78 is 10.6. The molecular weight excluding hydrogens is 262 g/mol. The number of carbonyl (C=O) groups is 2. The Morgan fingerprint density at radius 2 is 2.10 bits per heavy atom. The summed E-state index contributed by atoms with van der Waals surface area (Å²) in [5.74, 6) is -1.55. The minimum Gasteiger partial charge on any atom is -0.481 e. The van der Waals surface area contributed by atoms with Gasteiger partial charge in [0.25, 0.3) is 0 Å². The van der Waals surface area contributed by atoms with Crippen molar-refractivity contribution in [1.29, 1.82) is 0 Å². The van der Waals surface area contributed by atoms with Gasteiger partial charge in [-0.3, -0.25) is 9.69 Å². The summed E-state index contributed by atoms with van der Waals surface area (Å²) in [6.07, 6.45) is -0.860. The smallest absolute Gasteiger partial charge is 0.410 e. The van der Waals surface area contributed by atoms with Crippen molar-refractivity contribution < 1.29 is 24.2 Å². The zero-order valence-corrected chi connectivity index (χ0v) is 10.8. The van der Waals surface area contributed by atoms with E-state index < -0.39 is 18.0 Å². The molecule has 2 aliphatic rings. The van der Waals surface area contributed by atoms with Gasteiger partial charge in [-0.2, -0.15) is 0 Å². The Hall–Kier alpha value is -2.08. The number of carboxylic acids is 1. The molecule has 3 rings (SSSR count). The fraction of sp³-hybridized carbons (Fsp3) is 0.429. The SMILES string of the molecule is O=C(O)[C@@H]1[C@H]2OCCN(C(=O)OCc3ccccc3)[C@H]21. The van der Waals surface area contributed by atoms with Crippen LogP contribution in [0.2, 0.25) is 0 Å². The topological polar surface area (TPSA) is 76.1 Å². The van der Waals surface area contributed by atoms with Gasteiger partial charge in [0.1, 0.15) is 12.5 Å². The number of morpholine rings is 1. The van der Waals surface area contributed by atoms with Crippen molar-refractivity contribution >= 4 is 12.1 Å². The molecule has 106 valence electrons. The van der Waals surface area contributed by atoms with Gasteiger partial charge in [-0.25, -0.2) is 4.79 Å². The first-order valence-corrected chi connectivity index (χ1v) is 6.50. The molecule has 6 nitrogen and oxygen atoms in total. The standard InChI is InChI=1S/C14H15NO5/c16-13(17)10-11-12(10)19-7-6-15(11)14(18)20-8-9-4-2-1-3-5-9/h1-5,10-12H,6-8H2,(H,16,17)/t10-,11-,12+/m0/s1. The van der Waals surface area contributed by atoms with E-state index in [1.54, 1.807) is 0 Å². The first kappa shape index (κ1) is 12.9. The van der Waals surface area contributed by atoms with Crippen molar-refractivity contribution in [3.05, 3.63) is 35.9 Å². The fourth-order valence-corrected chi connectivity index (χ4v) is 2.58. The lowest BCUT2D eigenvalue weighted by Crippen LogP contribution is -2.41. The maximum absolute atomic E-state index is 12.0. The van der Waals surface area contributed by atoms with Gasteiger partial charge in [-0.1, -0.05) is 30.3 Å². The van der Waals surface area contributed by atoms with Gasteiger partial charge in [0.2, 0.25) is 0 Å². The van der Waals surface area contributed by atoms with Crippen LogP contribution in [0.4, 0.5) is 4.79 Å². The lowest BCUT2D eigenvalue weighted by Gasteiger charge is -2.25. The maximum Gasteiger partial charge on any atom is 0.410 e. The van der Waals surface area contributed by atoms with Crippen molar-refractivity contribution in [2.45, 2.75) is 18.8 Å². The molecule has 1 heterocycles. The van der Waals surface area contributed by atoms with Gasteiger partial charge in [0.15, 0.2) is 0 Å². The largest absolute Gasteiger partial charge is 0.481 e. The molecule has 1 amide bonds. The quantitative estimate of drug-likeness (QED) is 0.895. The molecule has 6 heteroatoms. The number of amides is 1. The van der Waals surface area contributed by atoms with E-state index in [2.05, 4.69) is 0 Å². The molecule has 0 bridgehead atoms. The third kappa shape index (κ3) is 2.34. The first-order chi connectivity index (χ1) is 9.68. The summed E-state index contributed by atoms with van der Waals surface area (Å²) >= 11 is 0. The number of carboxylic acid groups (broad SMARTS) is 1. The number of aliphatic carboxylic acids is 1. The van der Waals surface area contributed by atoms with E-state index in [0.717, 1.165) is 5.56 Å². The molecule has 20 heavy (non-hydrogen) atoms. The maximum atomic E-state index is 12.0. The highest BCUT2D eigenvalue weighted by Gasteiger charge is 2.62. The second-order valence-electron chi connectivity index (χ2n) is 4.92. The van der Waals surface area contributed by atoms with E-state index in [0.29, 0.717) is 13.2 Å². The van der Waals surface area contributed by atoms with Gasteiger partial charge in [0, 0.05) is 6.54 Å². The Labute approximate surface area is 115 Å². The lowest BCUT2D eigenvalue weighted by atomic mass is 10.2. The van der Waals surface area contributed by atoms with E-state index in [4.69, 9.17) is 14.6 Å². The third-order valence-corrected chi connectivity index (χ3v) is 3.64. The predicted molar refractivity (Wildman–Crippen MR) is 68.0 cm³/mol. The number of hydrogen-bond acceptors (Lipinski definition) is 4. The second kappa shape index (κ2) is 5.13. The molecule has 1 N–H and O–H groups in total. The Morgan fingerprint density at radius 1 is 1.35 bits per heavy atom. The summed E-state index contributed by atoms with van der Waals surface area (Å²) in [5.41, 5.74) is 0.899. The molecule has 3 atom stereocenters. The predicted octanol–water partition coefficient (Wildman–Crippen LogP) is 1.11. The monoisotopic (exact) mass is 277 g/mol. The highest BCUT2D eigenvalue weighted by molar-refractivity contribution is 5.79. The fourth-order valence-electron chi connectivity index (χ4n) is 2.58. The van der Waals surface area contributed by atoms with Crippen molar-refractivity contribution in [1.82, 2.24) is 4.90 Å². The van der Waals surface area contributed by atoms with Crippen LogP contribution in [0.1, 0.15) is 5.56 Å². The molecule has 1 aromatic carbocycles. The highest BCUT2D eigenvalue weighted by atomic mass is 16.6. The average molecular weight is 277 g/mol. The molecule has 0 aromatic heterocycles. The number of nitrogens with zero attached hydrogens (tertiary/aromatic N) is 1. The van der Waals surface area contributed by atoms with Crippen molar-refractivity contribution in [2.24, 2.45) is 5.92 Å². The molecular formula is C14H15NO5. The molecule has 2 fully saturated rings. The normalized spacial score (nSPS) is 27.6. The summed E-state index contributed by atoms with van der Waals surface area (Å²) in [6.45, 7) is 0.913.